The van der Waals surface area contributed by atoms with Gasteiger partial charge in [-0.1, -0.05) is 70.7 Å². The molecule has 3 atom stereocenters. The van der Waals surface area contributed by atoms with E-state index in [0.717, 1.165) is 4.90 Å². The van der Waals surface area contributed by atoms with Crippen LogP contribution in [0.1, 0.15) is 11.6 Å². The van der Waals surface area contributed by atoms with Crippen molar-refractivity contribution in [3.8, 4) is 0 Å². The van der Waals surface area contributed by atoms with Crippen LogP contribution in [0.3, 0.4) is 0 Å². The van der Waals surface area contributed by atoms with E-state index < -0.39 is 29.9 Å². The Bertz CT molecular complexity index is 1220. The van der Waals surface area contributed by atoms with Crippen LogP contribution in [0, 0.1) is 5.92 Å². The number of amides is 2. The van der Waals surface area contributed by atoms with Crippen LogP contribution in [0.2, 0.25) is 20.1 Å². The second-order valence-electron chi connectivity index (χ2n) is 7.46. The standard InChI is InChI=1S/C23H14Cl4N2O3/c24-12-6-7-17(18(27)11-12)20-19-21(32-29(20)15-4-2-1-3-5-15)23(31)28(22(19)30)16-9-13(25)8-14(26)10-16/h1-11,19-21H/t19-,20-,21+/m0/s1. The molecular formula is C23H14Cl4N2O3. The number of fused-ring (bicyclic) bond motifs is 1. The monoisotopic (exact) mass is 506 g/mol. The van der Waals surface area contributed by atoms with E-state index in [-0.39, 0.29) is 0 Å². The molecule has 3 aromatic rings. The maximum Gasteiger partial charge on any atom is 0.266 e. The predicted octanol–water partition coefficient (Wildman–Crippen LogP) is 6.35. The summed E-state index contributed by atoms with van der Waals surface area (Å²) >= 11 is 24.8. The number of para-hydroxylation sites is 1. The van der Waals surface area contributed by atoms with E-state index in [4.69, 9.17) is 51.2 Å². The number of carbonyl (C=O) groups is 2. The third-order valence-corrected chi connectivity index (χ3v) is 6.51. The first-order valence-electron chi connectivity index (χ1n) is 9.65. The molecule has 2 saturated heterocycles. The Morgan fingerprint density at radius 2 is 1.41 bits per heavy atom. The average molecular weight is 508 g/mol. The summed E-state index contributed by atoms with van der Waals surface area (Å²) in [5.74, 6) is -1.75. The molecule has 0 aliphatic carbocycles. The summed E-state index contributed by atoms with van der Waals surface area (Å²) in [6.45, 7) is 0. The van der Waals surface area contributed by atoms with Crippen LogP contribution in [0.25, 0.3) is 0 Å². The normalized spacial score (nSPS) is 22.6. The fourth-order valence-electron chi connectivity index (χ4n) is 4.19. The smallest absolute Gasteiger partial charge is 0.266 e. The highest BCUT2D eigenvalue weighted by molar-refractivity contribution is 6.36. The van der Waals surface area contributed by atoms with E-state index in [0.29, 0.717) is 37.0 Å². The van der Waals surface area contributed by atoms with Crippen molar-refractivity contribution in [3.63, 3.8) is 0 Å². The molecule has 5 nitrogen and oxygen atoms in total. The van der Waals surface area contributed by atoms with Gasteiger partial charge in [0.2, 0.25) is 5.91 Å². The average Bonchev–Trinajstić information content (AvgIpc) is 3.24. The molecule has 0 unspecified atom stereocenters. The fourth-order valence-corrected chi connectivity index (χ4v) is 5.23. The Kier molecular flexibility index (Phi) is 5.56. The summed E-state index contributed by atoms with van der Waals surface area (Å²) in [5, 5.41) is 3.04. The minimum Gasteiger partial charge on any atom is -0.273 e. The molecule has 5 rings (SSSR count). The number of benzene rings is 3. The number of nitrogens with zero attached hydrogens (tertiary/aromatic N) is 2. The van der Waals surface area contributed by atoms with Crippen molar-refractivity contribution in [1.29, 1.82) is 0 Å². The Labute approximate surface area is 203 Å². The number of hydrogen-bond acceptors (Lipinski definition) is 4. The molecule has 0 N–H and O–H groups in total. The summed E-state index contributed by atoms with van der Waals surface area (Å²) in [6.07, 6.45) is -1.03. The van der Waals surface area contributed by atoms with Gasteiger partial charge in [0.05, 0.1) is 17.4 Å². The number of carbonyl (C=O) groups excluding carboxylic acids is 2. The first kappa shape index (κ1) is 21.6. The fraction of sp³-hybridized carbons (Fsp3) is 0.130. The predicted molar refractivity (Wildman–Crippen MR) is 125 cm³/mol. The Hall–Kier alpha value is -2.28. The van der Waals surface area contributed by atoms with Gasteiger partial charge in [-0.05, 0) is 48.0 Å². The highest BCUT2D eigenvalue weighted by Crippen LogP contribution is 2.49. The minimum atomic E-state index is -1.03. The molecule has 0 radical (unpaired) electrons. The van der Waals surface area contributed by atoms with Crippen molar-refractivity contribution in [2.45, 2.75) is 12.1 Å². The zero-order valence-corrected chi connectivity index (χ0v) is 19.2. The third kappa shape index (κ3) is 3.54. The quantitative estimate of drug-likeness (QED) is 0.387. The summed E-state index contributed by atoms with van der Waals surface area (Å²) in [4.78, 5) is 34.1. The minimum absolute atomic E-state index is 0.294. The van der Waals surface area contributed by atoms with E-state index in [2.05, 4.69) is 0 Å². The lowest BCUT2D eigenvalue weighted by molar-refractivity contribution is -0.126. The largest absolute Gasteiger partial charge is 0.273 e. The first-order valence-corrected chi connectivity index (χ1v) is 11.2. The second-order valence-corrected chi connectivity index (χ2v) is 9.18. The van der Waals surface area contributed by atoms with Gasteiger partial charge in [0.15, 0.2) is 6.10 Å². The topological polar surface area (TPSA) is 49.9 Å². The molecule has 2 fully saturated rings. The Morgan fingerprint density at radius 1 is 0.719 bits per heavy atom. The first-order chi connectivity index (χ1) is 15.3. The lowest BCUT2D eigenvalue weighted by atomic mass is 9.90. The summed E-state index contributed by atoms with van der Waals surface area (Å²) in [6, 6.07) is 18.2. The van der Waals surface area contributed by atoms with Gasteiger partial charge in [0, 0.05) is 20.1 Å². The number of anilines is 2. The van der Waals surface area contributed by atoms with Gasteiger partial charge in [-0.3, -0.25) is 14.4 Å². The van der Waals surface area contributed by atoms with Gasteiger partial charge in [-0.25, -0.2) is 9.96 Å². The van der Waals surface area contributed by atoms with E-state index >= 15 is 0 Å². The van der Waals surface area contributed by atoms with Crippen LogP contribution in [0.15, 0.2) is 66.7 Å². The number of halogens is 4. The molecule has 3 aromatic carbocycles. The number of imide groups is 1. The molecule has 0 bridgehead atoms. The Balaban J connectivity index is 1.62. The van der Waals surface area contributed by atoms with Gasteiger partial charge in [-0.2, -0.15) is 0 Å². The zero-order valence-electron chi connectivity index (χ0n) is 16.2. The summed E-state index contributed by atoms with van der Waals surface area (Å²) in [5.41, 5.74) is 1.61. The molecule has 0 aromatic heterocycles. The molecule has 2 amide bonds. The number of rotatable bonds is 3. The van der Waals surface area contributed by atoms with Crippen molar-refractivity contribution < 1.29 is 14.4 Å². The van der Waals surface area contributed by atoms with Crippen LogP contribution >= 0.6 is 46.4 Å². The molecule has 162 valence electrons. The van der Waals surface area contributed by atoms with Crippen LogP contribution in [-0.2, 0) is 14.4 Å². The van der Waals surface area contributed by atoms with E-state index in [1.165, 1.54) is 18.2 Å². The molecule has 0 spiro atoms. The SMILES string of the molecule is O=C1[C@@H]2[C@@H](ON(c3ccccc3)[C@H]2c2ccc(Cl)cc2Cl)C(=O)N1c1cc(Cl)cc(Cl)c1. The van der Waals surface area contributed by atoms with Crippen molar-refractivity contribution in [3.05, 3.63) is 92.4 Å². The Morgan fingerprint density at radius 3 is 2.06 bits per heavy atom. The molecule has 2 aliphatic heterocycles. The molecular weight excluding hydrogens is 494 g/mol. The lowest BCUT2D eigenvalue weighted by Gasteiger charge is -2.29. The van der Waals surface area contributed by atoms with Crippen LogP contribution in [0.5, 0.6) is 0 Å². The highest BCUT2D eigenvalue weighted by atomic mass is 35.5. The molecule has 0 saturated carbocycles. The van der Waals surface area contributed by atoms with Crippen LogP contribution in [0.4, 0.5) is 11.4 Å². The highest BCUT2D eigenvalue weighted by Gasteiger charge is 2.60. The second kappa shape index (κ2) is 8.25. The van der Waals surface area contributed by atoms with Crippen LogP contribution in [-0.4, -0.2) is 17.9 Å². The third-order valence-electron chi connectivity index (χ3n) is 5.51. The van der Waals surface area contributed by atoms with Crippen molar-refractivity contribution >= 4 is 69.6 Å². The van der Waals surface area contributed by atoms with E-state index in [1.807, 2.05) is 30.3 Å². The summed E-state index contributed by atoms with van der Waals surface area (Å²) in [7, 11) is 0. The lowest BCUT2D eigenvalue weighted by Crippen LogP contribution is -2.37. The molecule has 2 heterocycles. The van der Waals surface area contributed by atoms with E-state index in [9.17, 15) is 9.59 Å². The van der Waals surface area contributed by atoms with Crippen molar-refractivity contribution in [1.82, 2.24) is 0 Å². The maximum absolute atomic E-state index is 13.6. The molecule has 2 aliphatic rings. The van der Waals surface area contributed by atoms with Gasteiger partial charge in [0.1, 0.15) is 5.92 Å². The van der Waals surface area contributed by atoms with Gasteiger partial charge in [-0.15, -0.1) is 0 Å². The maximum atomic E-state index is 13.6. The van der Waals surface area contributed by atoms with Gasteiger partial charge in [0.25, 0.3) is 5.91 Å². The molecule has 32 heavy (non-hydrogen) atoms. The van der Waals surface area contributed by atoms with Crippen molar-refractivity contribution in [2.24, 2.45) is 5.92 Å². The van der Waals surface area contributed by atoms with Crippen LogP contribution < -0.4 is 9.96 Å². The number of hydroxylamine groups is 1. The van der Waals surface area contributed by atoms with Gasteiger partial charge < -0.3 is 0 Å². The molecule has 9 heteroatoms. The zero-order chi connectivity index (χ0) is 22.6. The van der Waals surface area contributed by atoms with Crippen molar-refractivity contribution in [2.75, 3.05) is 9.96 Å². The summed E-state index contributed by atoms with van der Waals surface area (Å²) < 4.78 is 0. The van der Waals surface area contributed by atoms with E-state index in [1.54, 1.807) is 23.3 Å². The number of hydrogen-bond donors (Lipinski definition) is 0. The van der Waals surface area contributed by atoms with Gasteiger partial charge >= 0.3 is 0 Å².